The number of hydrogen-bond acceptors (Lipinski definition) is 4. The summed E-state index contributed by atoms with van der Waals surface area (Å²) in [6.45, 7) is 4.42. The van der Waals surface area contributed by atoms with E-state index in [4.69, 9.17) is 4.74 Å². The van der Waals surface area contributed by atoms with E-state index in [1.165, 1.54) is 0 Å². The van der Waals surface area contributed by atoms with Crippen molar-refractivity contribution in [1.29, 1.82) is 0 Å². The Kier molecular flexibility index (Phi) is 7.90. The third-order valence-corrected chi connectivity index (χ3v) is 6.60. The van der Waals surface area contributed by atoms with Gasteiger partial charge in [-0.05, 0) is 50.3 Å². The molecule has 1 aromatic carbocycles. The van der Waals surface area contributed by atoms with Gasteiger partial charge in [0.2, 0.25) is 10.0 Å². The molecule has 27 heavy (non-hydrogen) atoms. The van der Waals surface area contributed by atoms with Crippen LogP contribution in [0.15, 0.2) is 28.1 Å². The normalized spacial score (nSPS) is 24.6. The maximum atomic E-state index is 12.5. The van der Waals surface area contributed by atoms with Crippen LogP contribution in [-0.2, 0) is 14.8 Å². The SMILES string of the molecule is CN=C(NCCNS(=O)(=O)c1cc(C)ccc1C)NC1CC2CCC1O2.I. The summed E-state index contributed by atoms with van der Waals surface area (Å²) < 4.78 is 33.4. The van der Waals surface area contributed by atoms with Crippen molar-refractivity contribution in [2.24, 2.45) is 4.99 Å². The third-order valence-electron chi connectivity index (χ3n) is 4.99. The third kappa shape index (κ3) is 5.55. The standard InChI is InChI=1S/C18H28N4O3S.HI/c1-12-4-5-13(2)17(10-12)26(23,24)21-9-8-20-18(19-3)22-15-11-14-6-7-16(15)25-14;/h4-5,10,14-16,21H,6-9,11H2,1-3H3,(H2,19,20,22);1H. The molecule has 3 rings (SSSR count). The summed E-state index contributed by atoms with van der Waals surface area (Å²) >= 11 is 0. The zero-order chi connectivity index (χ0) is 18.7. The highest BCUT2D eigenvalue weighted by Gasteiger charge is 2.41. The molecule has 2 saturated heterocycles. The van der Waals surface area contributed by atoms with E-state index in [1.54, 1.807) is 20.0 Å². The van der Waals surface area contributed by atoms with Crippen LogP contribution in [-0.4, -0.2) is 52.8 Å². The molecule has 0 aliphatic carbocycles. The van der Waals surface area contributed by atoms with Gasteiger partial charge in [-0.1, -0.05) is 12.1 Å². The number of benzene rings is 1. The van der Waals surface area contributed by atoms with Crippen LogP contribution in [0, 0.1) is 13.8 Å². The van der Waals surface area contributed by atoms with Gasteiger partial charge in [-0.15, -0.1) is 24.0 Å². The fourth-order valence-corrected chi connectivity index (χ4v) is 4.96. The number of halogens is 1. The Morgan fingerprint density at radius 3 is 2.67 bits per heavy atom. The summed E-state index contributed by atoms with van der Waals surface area (Å²) in [5.41, 5.74) is 1.66. The first-order valence-corrected chi connectivity index (χ1v) is 10.6. The van der Waals surface area contributed by atoms with Crippen molar-refractivity contribution in [2.75, 3.05) is 20.1 Å². The first-order chi connectivity index (χ1) is 12.4. The highest BCUT2D eigenvalue weighted by molar-refractivity contribution is 14.0. The lowest BCUT2D eigenvalue weighted by molar-refractivity contribution is 0.0992. The van der Waals surface area contributed by atoms with Crippen LogP contribution in [0.4, 0.5) is 0 Å². The maximum Gasteiger partial charge on any atom is 0.240 e. The minimum atomic E-state index is -3.52. The Morgan fingerprint density at radius 1 is 1.26 bits per heavy atom. The van der Waals surface area contributed by atoms with Gasteiger partial charge in [-0.3, -0.25) is 4.99 Å². The molecule has 152 valence electrons. The number of hydrogen-bond donors (Lipinski definition) is 3. The maximum absolute atomic E-state index is 12.5. The molecule has 2 aliphatic rings. The molecule has 2 aliphatic heterocycles. The molecule has 3 unspecified atom stereocenters. The van der Waals surface area contributed by atoms with Gasteiger partial charge in [0, 0.05) is 20.1 Å². The highest BCUT2D eigenvalue weighted by atomic mass is 127. The Morgan fingerprint density at radius 2 is 2.04 bits per heavy atom. The molecule has 0 saturated carbocycles. The fourth-order valence-electron chi connectivity index (χ4n) is 3.60. The van der Waals surface area contributed by atoms with Gasteiger partial charge in [-0.2, -0.15) is 0 Å². The summed E-state index contributed by atoms with van der Waals surface area (Å²) in [4.78, 5) is 4.55. The number of aryl methyl sites for hydroxylation is 2. The highest BCUT2D eigenvalue weighted by Crippen LogP contribution is 2.34. The molecule has 0 radical (unpaired) electrons. The van der Waals surface area contributed by atoms with Crippen LogP contribution < -0.4 is 15.4 Å². The van der Waals surface area contributed by atoms with Crippen molar-refractivity contribution in [3.8, 4) is 0 Å². The molecule has 1 aromatic rings. The molecule has 2 heterocycles. The monoisotopic (exact) mass is 508 g/mol. The van der Waals surface area contributed by atoms with Crippen LogP contribution in [0.1, 0.15) is 30.4 Å². The lowest BCUT2D eigenvalue weighted by Gasteiger charge is -2.22. The minimum absolute atomic E-state index is 0. The van der Waals surface area contributed by atoms with Gasteiger partial charge in [0.15, 0.2) is 5.96 Å². The minimum Gasteiger partial charge on any atom is -0.373 e. The zero-order valence-electron chi connectivity index (χ0n) is 16.0. The Labute approximate surface area is 178 Å². The molecule has 0 spiro atoms. The fraction of sp³-hybridized carbons (Fsp3) is 0.611. The lowest BCUT2D eigenvalue weighted by atomic mass is 9.96. The average Bonchev–Trinajstić information content (AvgIpc) is 3.22. The van der Waals surface area contributed by atoms with E-state index < -0.39 is 10.0 Å². The molecule has 0 aromatic heterocycles. The summed E-state index contributed by atoms with van der Waals surface area (Å²) in [6, 6.07) is 5.71. The van der Waals surface area contributed by atoms with E-state index in [2.05, 4.69) is 20.3 Å². The van der Waals surface area contributed by atoms with Crippen molar-refractivity contribution in [3.63, 3.8) is 0 Å². The van der Waals surface area contributed by atoms with Gasteiger partial charge in [0.05, 0.1) is 23.1 Å². The van der Waals surface area contributed by atoms with E-state index >= 15 is 0 Å². The van der Waals surface area contributed by atoms with Crippen molar-refractivity contribution < 1.29 is 13.2 Å². The van der Waals surface area contributed by atoms with E-state index in [9.17, 15) is 8.42 Å². The number of nitrogens with zero attached hydrogens (tertiary/aromatic N) is 1. The van der Waals surface area contributed by atoms with Gasteiger partial charge >= 0.3 is 0 Å². The predicted molar refractivity (Wildman–Crippen MR) is 117 cm³/mol. The molecule has 0 amide bonds. The van der Waals surface area contributed by atoms with Gasteiger partial charge in [0.25, 0.3) is 0 Å². The quantitative estimate of drug-likeness (QED) is 0.236. The number of aliphatic imine (C=N–C) groups is 1. The van der Waals surface area contributed by atoms with Gasteiger partial charge in [-0.25, -0.2) is 13.1 Å². The van der Waals surface area contributed by atoms with E-state index in [-0.39, 0.29) is 42.7 Å². The van der Waals surface area contributed by atoms with Crippen molar-refractivity contribution in [1.82, 2.24) is 15.4 Å². The Balaban J connectivity index is 0.00000261. The van der Waals surface area contributed by atoms with Gasteiger partial charge in [0.1, 0.15) is 0 Å². The zero-order valence-corrected chi connectivity index (χ0v) is 19.1. The molecule has 2 bridgehead atoms. The van der Waals surface area contributed by atoms with E-state index in [0.29, 0.717) is 23.5 Å². The molecule has 3 N–H and O–H groups in total. The largest absolute Gasteiger partial charge is 0.373 e. The molecule has 3 atom stereocenters. The molecule has 2 fully saturated rings. The molecular formula is C18H29IN4O3S. The van der Waals surface area contributed by atoms with Crippen molar-refractivity contribution >= 4 is 40.0 Å². The second-order valence-electron chi connectivity index (χ2n) is 7.03. The number of sulfonamides is 1. The number of fused-ring (bicyclic) bond motifs is 2. The van der Waals surface area contributed by atoms with Crippen LogP contribution in [0.2, 0.25) is 0 Å². The number of nitrogens with one attached hydrogen (secondary N) is 3. The predicted octanol–water partition coefficient (Wildman–Crippen LogP) is 1.68. The average molecular weight is 508 g/mol. The summed E-state index contributed by atoms with van der Waals surface area (Å²) in [5.74, 6) is 0.678. The first-order valence-electron chi connectivity index (χ1n) is 9.08. The smallest absolute Gasteiger partial charge is 0.240 e. The Hall–Kier alpha value is -0.910. The second-order valence-corrected chi connectivity index (χ2v) is 8.76. The number of rotatable bonds is 6. The van der Waals surface area contributed by atoms with Crippen molar-refractivity contribution in [3.05, 3.63) is 29.3 Å². The first kappa shape index (κ1) is 22.4. The van der Waals surface area contributed by atoms with E-state index in [0.717, 1.165) is 30.4 Å². The second kappa shape index (κ2) is 9.53. The molecule has 7 nitrogen and oxygen atoms in total. The van der Waals surface area contributed by atoms with E-state index in [1.807, 2.05) is 19.1 Å². The summed E-state index contributed by atoms with van der Waals surface area (Å²) in [6.07, 6.45) is 3.88. The summed E-state index contributed by atoms with van der Waals surface area (Å²) in [5, 5.41) is 6.54. The number of ether oxygens (including phenoxy) is 1. The molecular weight excluding hydrogens is 479 g/mol. The lowest BCUT2D eigenvalue weighted by Crippen LogP contribution is -2.48. The summed E-state index contributed by atoms with van der Waals surface area (Å²) in [7, 11) is -1.81. The van der Waals surface area contributed by atoms with Crippen molar-refractivity contribution in [2.45, 2.75) is 56.3 Å². The topological polar surface area (TPSA) is 91.8 Å². The van der Waals surface area contributed by atoms with Crippen LogP contribution in [0.3, 0.4) is 0 Å². The van der Waals surface area contributed by atoms with Crippen LogP contribution >= 0.6 is 24.0 Å². The number of guanidine groups is 1. The Bertz CT molecular complexity index is 785. The van der Waals surface area contributed by atoms with Gasteiger partial charge < -0.3 is 15.4 Å². The van der Waals surface area contributed by atoms with Crippen LogP contribution in [0.25, 0.3) is 0 Å². The molecule has 9 heteroatoms. The van der Waals surface area contributed by atoms with Crippen LogP contribution in [0.5, 0.6) is 0 Å².